The van der Waals surface area contributed by atoms with Crippen LogP contribution in [0, 0.1) is 0 Å². The quantitative estimate of drug-likeness (QED) is 0.447. The van der Waals surface area contributed by atoms with E-state index in [1.165, 1.54) is 27.7 Å². The van der Waals surface area contributed by atoms with Crippen molar-refractivity contribution in [1.82, 2.24) is 4.57 Å². The molecule has 2 aromatic heterocycles. The summed E-state index contributed by atoms with van der Waals surface area (Å²) in [5.74, 6) is 1.25. The fraction of sp³-hybridized carbons (Fsp3) is 0.167. The Morgan fingerprint density at radius 3 is 2.86 bits per heavy atom. The van der Waals surface area contributed by atoms with Gasteiger partial charge in [0.25, 0.3) is 5.82 Å². The molecule has 0 saturated heterocycles. The molecule has 3 heterocycles. The molecule has 5 rings (SSSR count). The van der Waals surface area contributed by atoms with Crippen molar-refractivity contribution in [2.75, 3.05) is 0 Å². The Morgan fingerprint density at radius 1 is 1.10 bits per heavy atom. The highest BCUT2D eigenvalue weighted by Crippen LogP contribution is 2.41. The van der Waals surface area contributed by atoms with Gasteiger partial charge < -0.3 is 4.42 Å². The molecule has 0 N–H and O–H groups in total. The van der Waals surface area contributed by atoms with Gasteiger partial charge in [-0.1, -0.05) is 18.2 Å². The predicted molar refractivity (Wildman–Crippen MR) is 82.1 cm³/mol. The van der Waals surface area contributed by atoms with Crippen LogP contribution in [0.15, 0.2) is 53.2 Å². The van der Waals surface area contributed by atoms with Crippen molar-refractivity contribution in [2.45, 2.75) is 13.0 Å². The molecule has 0 bridgehead atoms. The molecule has 0 radical (unpaired) electrons. The van der Waals surface area contributed by atoms with Crippen LogP contribution in [-0.4, -0.2) is 4.57 Å². The Kier molecular flexibility index (Phi) is 1.89. The summed E-state index contributed by atoms with van der Waals surface area (Å²) in [6, 6.07) is 13.1. The molecule has 3 nitrogen and oxygen atoms in total. The van der Waals surface area contributed by atoms with Crippen LogP contribution in [0.4, 0.5) is 0 Å². The molecule has 1 aliphatic rings. The zero-order valence-corrected chi connectivity index (χ0v) is 12.0. The summed E-state index contributed by atoms with van der Waals surface area (Å²) >= 11 is 0. The minimum absolute atomic E-state index is 0.370. The number of imidazole rings is 1. The van der Waals surface area contributed by atoms with Crippen molar-refractivity contribution in [3.8, 4) is 11.4 Å². The summed E-state index contributed by atoms with van der Waals surface area (Å²) in [5.41, 5.74) is 4.59. The lowest BCUT2D eigenvalue weighted by Crippen LogP contribution is -2.27. The van der Waals surface area contributed by atoms with Crippen LogP contribution in [0.3, 0.4) is 0 Å². The molecule has 1 unspecified atom stereocenters. The lowest BCUT2D eigenvalue weighted by atomic mass is 10.0. The number of aromatic nitrogens is 2. The first-order chi connectivity index (χ1) is 10.2. The lowest BCUT2D eigenvalue weighted by Gasteiger charge is -2.02. The highest BCUT2D eigenvalue weighted by Gasteiger charge is 2.34. The van der Waals surface area contributed by atoms with E-state index in [1.54, 1.807) is 0 Å². The van der Waals surface area contributed by atoms with E-state index in [-0.39, 0.29) is 0 Å². The largest absolute Gasteiger partial charge is 0.456 e. The number of hydrogen-bond acceptors (Lipinski definition) is 1. The molecule has 0 amide bonds. The average Bonchev–Trinajstić information content (AvgIpc) is 3.12. The van der Waals surface area contributed by atoms with E-state index >= 15 is 0 Å². The Bertz CT molecular complexity index is 1020. The molecular formula is C18H15N2O+. The number of benzene rings is 2. The van der Waals surface area contributed by atoms with Gasteiger partial charge in [0.15, 0.2) is 0 Å². The van der Waals surface area contributed by atoms with E-state index in [0.29, 0.717) is 6.04 Å². The summed E-state index contributed by atoms with van der Waals surface area (Å²) in [6.45, 7) is 2.25. The Labute approximate surface area is 122 Å². The molecular weight excluding hydrogens is 260 g/mol. The van der Waals surface area contributed by atoms with Gasteiger partial charge in [-0.15, -0.1) is 0 Å². The molecule has 4 aromatic rings. The van der Waals surface area contributed by atoms with Gasteiger partial charge >= 0.3 is 0 Å². The fourth-order valence-electron chi connectivity index (χ4n) is 3.61. The molecule has 0 spiro atoms. The van der Waals surface area contributed by atoms with E-state index in [2.05, 4.69) is 59.8 Å². The van der Waals surface area contributed by atoms with E-state index < -0.39 is 0 Å². The van der Waals surface area contributed by atoms with Crippen LogP contribution in [0.5, 0.6) is 0 Å². The SMILES string of the molecule is CC1c2cc3c(cc2-c2n1cc[n+]2C)oc1ccccc13. The van der Waals surface area contributed by atoms with Crippen LogP contribution in [0.1, 0.15) is 18.5 Å². The molecule has 3 heteroatoms. The highest BCUT2D eigenvalue weighted by atomic mass is 16.3. The second-order valence-corrected chi connectivity index (χ2v) is 5.85. The number of nitrogens with zero attached hydrogens (tertiary/aromatic N) is 2. The fourth-order valence-corrected chi connectivity index (χ4v) is 3.61. The van der Waals surface area contributed by atoms with Gasteiger partial charge in [0.2, 0.25) is 0 Å². The third-order valence-electron chi connectivity index (χ3n) is 4.69. The first kappa shape index (κ1) is 11.1. The molecule has 0 saturated carbocycles. The minimum atomic E-state index is 0.370. The smallest absolute Gasteiger partial charge is 0.289 e. The van der Waals surface area contributed by atoms with Gasteiger partial charge in [-0.05, 0) is 25.1 Å². The first-order valence-electron chi connectivity index (χ1n) is 7.26. The third-order valence-corrected chi connectivity index (χ3v) is 4.69. The second-order valence-electron chi connectivity index (χ2n) is 5.85. The van der Waals surface area contributed by atoms with Crippen molar-refractivity contribution in [3.63, 3.8) is 0 Å². The van der Waals surface area contributed by atoms with Crippen molar-refractivity contribution >= 4 is 21.9 Å². The maximum Gasteiger partial charge on any atom is 0.289 e. The van der Waals surface area contributed by atoms with E-state index in [0.717, 1.165) is 11.2 Å². The van der Waals surface area contributed by atoms with Crippen molar-refractivity contribution in [3.05, 3.63) is 54.4 Å². The lowest BCUT2D eigenvalue weighted by molar-refractivity contribution is -0.659. The van der Waals surface area contributed by atoms with Crippen molar-refractivity contribution < 1.29 is 8.98 Å². The zero-order chi connectivity index (χ0) is 14.1. The van der Waals surface area contributed by atoms with E-state index in [4.69, 9.17) is 4.42 Å². The molecule has 1 aliphatic heterocycles. The summed E-state index contributed by atoms with van der Waals surface area (Å²) in [7, 11) is 2.09. The van der Waals surface area contributed by atoms with E-state index in [1.807, 2.05) is 12.1 Å². The summed E-state index contributed by atoms with van der Waals surface area (Å²) in [6.07, 6.45) is 4.26. The minimum Gasteiger partial charge on any atom is -0.456 e. The molecule has 102 valence electrons. The monoisotopic (exact) mass is 275 g/mol. The normalized spacial score (nSPS) is 16.6. The van der Waals surface area contributed by atoms with Gasteiger partial charge in [0.1, 0.15) is 29.6 Å². The number of hydrogen-bond donors (Lipinski definition) is 0. The van der Waals surface area contributed by atoms with Crippen LogP contribution >= 0.6 is 0 Å². The van der Waals surface area contributed by atoms with Gasteiger partial charge in [-0.25, -0.2) is 9.13 Å². The third kappa shape index (κ3) is 1.26. The van der Waals surface area contributed by atoms with Crippen molar-refractivity contribution in [2.24, 2.45) is 7.05 Å². The maximum absolute atomic E-state index is 6.03. The highest BCUT2D eigenvalue weighted by molar-refractivity contribution is 6.06. The molecule has 21 heavy (non-hydrogen) atoms. The Morgan fingerprint density at radius 2 is 1.95 bits per heavy atom. The number of rotatable bonds is 0. The number of furan rings is 1. The number of para-hydroxylation sites is 1. The summed E-state index contributed by atoms with van der Waals surface area (Å²) < 4.78 is 10.5. The van der Waals surface area contributed by atoms with Crippen LogP contribution in [0.2, 0.25) is 0 Å². The Hall–Kier alpha value is -2.55. The van der Waals surface area contributed by atoms with Gasteiger partial charge in [0.05, 0.1) is 12.6 Å². The number of aryl methyl sites for hydroxylation is 1. The molecule has 2 aromatic carbocycles. The van der Waals surface area contributed by atoms with Gasteiger partial charge in [-0.2, -0.15) is 0 Å². The zero-order valence-electron chi connectivity index (χ0n) is 12.0. The van der Waals surface area contributed by atoms with Crippen molar-refractivity contribution in [1.29, 1.82) is 0 Å². The first-order valence-corrected chi connectivity index (χ1v) is 7.26. The number of fused-ring (bicyclic) bond motifs is 6. The second kappa shape index (κ2) is 3.55. The molecule has 1 atom stereocenters. The molecule has 0 aliphatic carbocycles. The van der Waals surface area contributed by atoms with Gasteiger partial charge in [-0.3, -0.25) is 0 Å². The van der Waals surface area contributed by atoms with Gasteiger partial charge in [0, 0.05) is 16.3 Å². The molecule has 0 fully saturated rings. The van der Waals surface area contributed by atoms with E-state index in [9.17, 15) is 0 Å². The summed E-state index contributed by atoms with van der Waals surface area (Å²) in [5, 5.41) is 2.41. The predicted octanol–water partition coefficient (Wildman–Crippen LogP) is 3.80. The average molecular weight is 275 g/mol. The maximum atomic E-state index is 6.03. The Balaban J connectivity index is 1.93. The summed E-state index contributed by atoms with van der Waals surface area (Å²) in [4.78, 5) is 0. The topological polar surface area (TPSA) is 21.9 Å². The standard InChI is InChI=1S/C18H15N2O/c1-11-13-9-14-12-5-3-4-6-16(12)21-17(14)10-15(13)18-19(2)7-8-20(11)18/h3-11H,1-2H3/q+1. The van der Waals surface area contributed by atoms with Crippen LogP contribution in [0.25, 0.3) is 33.3 Å². The van der Waals surface area contributed by atoms with Crippen LogP contribution < -0.4 is 4.57 Å². The van der Waals surface area contributed by atoms with Crippen LogP contribution in [-0.2, 0) is 7.05 Å².